The zero-order valence-corrected chi connectivity index (χ0v) is 25.7. The van der Waals surface area contributed by atoms with E-state index in [0.29, 0.717) is 40.6 Å². The van der Waals surface area contributed by atoms with Gasteiger partial charge in [-0.15, -0.1) is 0 Å². The molecule has 0 spiro atoms. The molecule has 0 aliphatic carbocycles. The lowest BCUT2D eigenvalue weighted by atomic mass is 9.83. The lowest BCUT2D eigenvalue weighted by molar-refractivity contribution is 0.0702. The zero-order chi connectivity index (χ0) is 31.0. The van der Waals surface area contributed by atoms with Crippen molar-refractivity contribution in [2.24, 2.45) is 5.73 Å². The molecule has 1 aliphatic heterocycles. The Morgan fingerprint density at radius 2 is 1.80 bits per heavy atom. The van der Waals surface area contributed by atoms with Gasteiger partial charge in [0.15, 0.2) is 11.5 Å². The largest absolute Gasteiger partial charge is 0.493 e. The van der Waals surface area contributed by atoms with Gasteiger partial charge in [-0.25, -0.2) is 4.79 Å². The van der Waals surface area contributed by atoms with Crippen molar-refractivity contribution in [3.63, 3.8) is 0 Å². The van der Waals surface area contributed by atoms with Gasteiger partial charge in [0.25, 0.3) is 0 Å². The second-order valence-electron chi connectivity index (χ2n) is 10.4. The smallest absolute Gasteiger partial charge is 0.379 e. The molecule has 9 heteroatoms. The van der Waals surface area contributed by atoms with Gasteiger partial charge in [-0.2, -0.15) is 5.26 Å². The van der Waals surface area contributed by atoms with Gasteiger partial charge >= 0.3 is 5.97 Å². The molecule has 0 saturated heterocycles. The molecule has 8 nitrogen and oxygen atoms in total. The number of benzene rings is 4. The van der Waals surface area contributed by atoms with Crippen LogP contribution in [0.2, 0.25) is 0 Å². The van der Waals surface area contributed by atoms with E-state index in [4.69, 9.17) is 29.1 Å². The van der Waals surface area contributed by atoms with E-state index in [1.54, 1.807) is 38.3 Å². The average molecular weight is 652 g/mol. The van der Waals surface area contributed by atoms with Crippen LogP contribution in [0.1, 0.15) is 44.3 Å². The number of aryl methyl sites for hydroxylation is 2. The number of nitrogens with zero attached hydrogens (tertiary/aromatic N) is 1. The van der Waals surface area contributed by atoms with Gasteiger partial charge in [-0.05, 0) is 61.4 Å². The number of nitriles is 1. The van der Waals surface area contributed by atoms with E-state index < -0.39 is 11.9 Å². The van der Waals surface area contributed by atoms with Crippen LogP contribution in [0.5, 0.6) is 23.0 Å². The summed E-state index contributed by atoms with van der Waals surface area (Å²) in [5.41, 5.74) is 11.4. The van der Waals surface area contributed by atoms with Crippen molar-refractivity contribution in [2.45, 2.75) is 26.4 Å². The van der Waals surface area contributed by atoms with Gasteiger partial charge in [0.1, 0.15) is 35.3 Å². The van der Waals surface area contributed by atoms with E-state index in [9.17, 15) is 10.1 Å². The lowest BCUT2D eigenvalue weighted by Crippen LogP contribution is -2.21. The van der Waals surface area contributed by atoms with Crippen molar-refractivity contribution in [1.29, 1.82) is 5.26 Å². The fourth-order valence-electron chi connectivity index (χ4n) is 5.22. The highest BCUT2D eigenvalue weighted by atomic mass is 79.9. The number of ether oxygens (including phenoxy) is 4. The summed E-state index contributed by atoms with van der Waals surface area (Å²) in [4.78, 5) is 13.1. The summed E-state index contributed by atoms with van der Waals surface area (Å²) < 4.78 is 29.9. The number of carbonyl (C=O) groups is 1. The first-order valence-corrected chi connectivity index (χ1v) is 14.5. The number of carbonyl (C=O) groups excluding carboxylic acids is 1. The highest BCUT2D eigenvalue weighted by Crippen LogP contribution is 2.45. The molecule has 44 heavy (non-hydrogen) atoms. The van der Waals surface area contributed by atoms with Crippen molar-refractivity contribution in [3.05, 3.63) is 128 Å². The summed E-state index contributed by atoms with van der Waals surface area (Å²) in [5, 5.41) is 10.8. The molecule has 1 atom stereocenters. The fourth-order valence-corrected chi connectivity index (χ4v) is 5.56. The van der Waals surface area contributed by atoms with Crippen molar-refractivity contribution >= 4 is 32.9 Å². The second-order valence-corrected chi connectivity index (χ2v) is 11.3. The third-order valence-corrected chi connectivity index (χ3v) is 8.02. The standard InChI is InChI=1S/C35H27BrN2O6/c1-19-4-6-21(7-5-19)18-41-28-13-8-22(14-31(28)40-3)32-26-12-10-24(16-30(26)44-34(38)27(32)17-37)42-35(39)33-20(2)25-11-9-23(36)15-29(25)43-33/h4-16,32H,18,38H2,1-3H3. The van der Waals surface area contributed by atoms with Crippen LogP contribution in [0.3, 0.4) is 0 Å². The summed E-state index contributed by atoms with van der Waals surface area (Å²) in [6.07, 6.45) is 0. The number of halogens is 1. The molecule has 0 bridgehead atoms. The average Bonchev–Trinajstić information content (AvgIpc) is 3.35. The molecular weight excluding hydrogens is 624 g/mol. The van der Waals surface area contributed by atoms with E-state index in [1.807, 2.05) is 61.5 Å². The molecule has 1 aromatic heterocycles. The maximum Gasteiger partial charge on any atom is 0.379 e. The Labute approximate surface area is 262 Å². The summed E-state index contributed by atoms with van der Waals surface area (Å²) in [6.45, 7) is 4.21. The Morgan fingerprint density at radius 3 is 2.55 bits per heavy atom. The van der Waals surface area contributed by atoms with Gasteiger partial charge < -0.3 is 29.1 Å². The summed E-state index contributed by atoms with van der Waals surface area (Å²) in [7, 11) is 1.56. The minimum Gasteiger partial charge on any atom is -0.493 e. The van der Waals surface area contributed by atoms with E-state index >= 15 is 0 Å². The predicted molar refractivity (Wildman–Crippen MR) is 168 cm³/mol. The Kier molecular flexibility index (Phi) is 7.77. The van der Waals surface area contributed by atoms with E-state index in [1.165, 1.54) is 5.56 Å². The third kappa shape index (κ3) is 5.48. The molecule has 1 aliphatic rings. The Hall–Kier alpha value is -5.20. The molecule has 2 N–H and O–H groups in total. The van der Waals surface area contributed by atoms with Crippen LogP contribution >= 0.6 is 15.9 Å². The van der Waals surface area contributed by atoms with Gasteiger partial charge in [0.2, 0.25) is 11.6 Å². The second kappa shape index (κ2) is 11.8. The highest BCUT2D eigenvalue weighted by Gasteiger charge is 2.32. The fraction of sp³-hybridized carbons (Fsp3) is 0.143. The number of allylic oxidation sites excluding steroid dienone is 1. The molecule has 0 radical (unpaired) electrons. The van der Waals surface area contributed by atoms with Crippen LogP contribution in [0.15, 0.2) is 99.2 Å². The molecule has 0 amide bonds. The SMILES string of the molecule is COc1cc(C2C(C#N)=C(N)Oc3cc(OC(=O)c4oc5cc(Br)ccc5c4C)ccc32)ccc1OCc1ccc(C)cc1. The third-order valence-electron chi connectivity index (χ3n) is 7.52. The molecule has 0 fully saturated rings. The van der Waals surface area contributed by atoms with Gasteiger partial charge in [0, 0.05) is 27.1 Å². The van der Waals surface area contributed by atoms with Crippen LogP contribution < -0.4 is 24.7 Å². The van der Waals surface area contributed by atoms with E-state index in [-0.39, 0.29) is 23.0 Å². The quantitative estimate of drug-likeness (QED) is 0.140. The first-order chi connectivity index (χ1) is 21.2. The number of hydrogen-bond acceptors (Lipinski definition) is 8. The number of rotatable bonds is 7. The van der Waals surface area contributed by atoms with Gasteiger partial charge in [-0.1, -0.05) is 57.9 Å². The Bertz CT molecular complexity index is 1990. The maximum absolute atomic E-state index is 13.1. The Balaban J connectivity index is 1.28. The molecule has 5 aromatic rings. The topological polar surface area (TPSA) is 117 Å². The molecule has 1 unspecified atom stereocenters. The summed E-state index contributed by atoms with van der Waals surface area (Å²) >= 11 is 3.42. The van der Waals surface area contributed by atoms with Gasteiger partial charge in [-0.3, -0.25) is 0 Å². The number of hydrogen-bond donors (Lipinski definition) is 1. The number of nitrogens with two attached hydrogens (primary N) is 1. The number of methoxy groups -OCH3 is 1. The normalized spacial score (nSPS) is 14.0. The zero-order valence-electron chi connectivity index (χ0n) is 24.1. The van der Waals surface area contributed by atoms with Crippen molar-refractivity contribution < 1.29 is 28.2 Å². The minimum absolute atomic E-state index is 0.0363. The minimum atomic E-state index is -0.644. The van der Waals surface area contributed by atoms with Crippen molar-refractivity contribution in [1.82, 2.24) is 0 Å². The van der Waals surface area contributed by atoms with E-state index in [0.717, 1.165) is 21.0 Å². The number of fused-ring (bicyclic) bond motifs is 2. The summed E-state index contributed by atoms with van der Waals surface area (Å²) in [6, 6.07) is 26.3. The van der Waals surface area contributed by atoms with Crippen LogP contribution in [-0.2, 0) is 6.61 Å². The monoisotopic (exact) mass is 650 g/mol. The van der Waals surface area contributed by atoms with Crippen LogP contribution in [0.25, 0.3) is 11.0 Å². The lowest BCUT2D eigenvalue weighted by Gasteiger charge is -2.27. The van der Waals surface area contributed by atoms with Crippen molar-refractivity contribution in [2.75, 3.05) is 7.11 Å². The molecule has 2 heterocycles. The van der Waals surface area contributed by atoms with Crippen molar-refractivity contribution in [3.8, 4) is 29.1 Å². The predicted octanol–water partition coefficient (Wildman–Crippen LogP) is 7.84. The maximum atomic E-state index is 13.1. The van der Waals surface area contributed by atoms with Crippen LogP contribution in [0, 0.1) is 25.2 Å². The van der Waals surface area contributed by atoms with Crippen LogP contribution in [0.4, 0.5) is 0 Å². The Morgan fingerprint density at radius 1 is 1.00 bits per heavy atom. The van der Waals surface area contributed by atoms with Crippen LogP contribution in [-0.4, -0.2) is 13.1 Å². The molecule has 4 aromatic carbocycles. The number of furan rings is 1. The van der Waals surface area contributed by atoms with Gasteiger partial charge in [0.05, 0.1) is 13.0 Å². The first kappa shape index (κ1) is 28.9. The first-order valence-electron chi connectivity index (χ1n) is 13.7. The molecule has 220 valence electrons. The number of esters is 1. The molecule has 6 rings (SSSR count). The molecular formula is C35H27BrN2O6. The summed E-state index contributed by atoms with van der Waals surface area (Å²) in [5.74, 6) is 0.551. The van der Waals surface area contributed by atoms with E-state index in [2.05, 4.69) is 22.0 Å². The highest BCUT2D eigenvalue weighted by molar-refractivity contribution is 9.10. The molecule has 0 saturated carbocycles.